The fourth-order valence-corrected chi connectivity index (χ4v) is 2.67. The summed E-state index contributed by atoms with van der Waals surface area (Å²) in [6, 6.07) is 0.694. The smallest absolute Gasteiger partial charge is 0.314 e. The molecule has 1 aliphatic heterocycles. The lowest BCUT2D eigenvalue weighted by Crippen LogP contribution is -2.49. The molecule has 120 valence electrons. The molecule has 0 radical (unpaired) electrons. The van der Waals surface area contributed by atoms with Gasteiger partial charge in [0.2, 0.25) is 0 Å². The van der Waals surface area contributed by atoms with Gasteiger partial charge in [-0.3, -0.25) is 4.90 Å². The number of nitrogens with one attached hydrogen (secondary N) is 1. The van der Waals surface area contributed by atoms with Crippen LogP contribution in [0.5, 0.6) is 0 Å². The highest BCUT2D eigenvalue weighted by Crippen LogP contribution is 2.42. The van der Waals surface area contributed by atoms with Gasteiger partial charge >= 0.3 is 6.18 Å². The van der Waals surface area contributed by atoms with Gasteiger partial charge in [-0.05, 0) is 18.6 Å². The fourth-order valence-electron chi connectivity index (χ4n) is 2.42. The van der Waals surface area contributed by atoms with Crippen LogP contribution < -0.4 is 5.32 Å². The summed E-state index contributed by atoms with van der Waals surface area (Å²) in [6.07, 6.45) is -4.57. The molecule has 0 spiro atoms. The van der Waals surface area contributed by atoms with Crippen LogP contribution in [-0.4, -0.2) is 37.3 Å². The molecule has 1 heterocycles. The Balaban J connectivity index is 0.00000220. The highest BCUT2D eigenvalue weighted by Gasteiger charge is 2.47. The van der Waals surface area contributed by atoms with Crippen molar-refractivity contribution in [1.82, 2.24) is 10.2 Å². The molecule has 1 aliphatic rings. The zero-order valence-electron chi connectivity index (χ0n) is 11.3. The van der Waals surface area contributed by atoms with E-state index in [-0.39, 0.29) is 36.1 Å². The quantitative estimate of drug-likeness (QED) is 0.821. The van der Waals surface area contributed by atoms with Crippen LogP contribution in [0.4, 0.5) is 17.6 Å². The first-order chi connectivity index (χ1) is 9.32. The number of rotatable bonds is 2. The molecule has 1 aromatic rings. The minimum Gasteiger partial charge on any atom is -0.314 e. The summed E-state index contributed by atoms with van der Waals surface area (Å²) in [6.45, 7) is 2.72. The van der Waals surface area contributed by atoms with Crippen LogP contribution >= 0.6 is 24.0 Å². The fraction of sp³-hybridized carbons (Fsp3) is 0.538. The molecule has 1 fully saturated rings. The van der Waals surface area contributed by atoms with Crippen LogP contribution in [0, 0.1) is 12.7 Å². The first kappa shape index (κ1) is 18.5. The summed E-state index contributed by atoms with van der Waals surface area (Å²) in [7, 11) is 0. The number of hydrogen-bond donors (Lipinski definition) is 1. The molecule has 1 atom stereocenters. The van der Waals surface area contributed by atoms with E-state index in [1.54, 1.807) is 0 Å². The van der Waals surface area contributed by atoms with Crippen molar-refractivity contribution in [3.8, 4) is 0 Å². The second-order valence-electron chi connectivity index (χ2n) is 4.82. The van der Waals surface area contributed by atoms with Crippen LogP contribution in [0.3, 0.4) is 0 Å². The molecule has 2 nitrogen and oxygen atoms in total. The maximum Gasteiger partial charge on any atom is 0.408 e. The summed E-state index contributed by atoms with van der Waals surface area (Å²) in [5, 5.41) is 2.79. The molecule has 21 heavy (non-hydrogen) atoms. The largest absolute Gasteiger partial charge is 0.408 e. The van der Waals surface area contributed by atoms with E-state index in [9.17, 15) is 17.6 Å². The average Bonchev–Trinajstić information content (AvgIpc) is 2.39. The first-order valence-electron chi connectivity index (χ1n) is 6.28. The number of hydrogen-bond acceptors (Lipinski definition) is 2. The van der Waals surface area contributed by atoms with Gasteiger partial charge in [-0.25, -0.2) is 4.39 Å². The van der Waals surface area contributed by atoms with E-state index in [1.807, 2.05) is 0 Å². The summed E-state index contributed by atoms with van der Waals surface area (Å²) >= 11 is 5.84. The molecule has 0 amide bonds. The zero-order valence-corrected chi connectivity index (χ0v) is 12.9. The van der Waals surface area contributed by atoms with Gasteiger partial charge in [-0.15, -0.1) is 12.4 Å². The van der Waals surface area contributed by atoms with Crippen LogP contribution in [0.2, 0.25) is 5.02 Å². The third-order valence-corrected chi connectivity index (χ3v) is 3.75. The highest BCUT2D eigenvalue weighted by atomic mass is 35.5. The molecule has 1 aromatic carbocycles. The molecule has 1 saturated heterocycles. The van der Waals surface area contributed by atoms with E-state index < -0.39 is 23.6 Å². The van der Waals surface area contributed by atoms with Crippen LogP contribution in [0.1, 0.15) is 17.2 Å². The van der Waals surface area contributed by atoms with Gasteiger partial charge in [0.25, 0.3) is 0 Å². The lowest BCUT2D eigenvalue weighted by molar-refractivity contribution is -0.188. The predicted molar refractivity (Wildman–Crippen MR) is 76.6 cm³/mol. The monoisotopic (exact) mass is 346 g/mol. The molecule has 0 saturated carbocycles. The van der Waals surface area contributed by atoms with Crippen molar-refractivity contribution in [2.24, 2.45) is 0 Å². The second-order valence-corrected chi connectivity index (χ2v) is 5.23. The van der Waals surface area contributed by atoms with Crippen LogP contribution in [-0.2, 0) is 0 Å². The summed E-state index contributed by atoms with van der Waals surface area (Å²) in [5.74, 6) is -0.877. The molecule has 0 unspecified atom stereocenters. The molecular weight excluding hydrogens is 331 g/mol. The lowest BCUT2D eigenvalue weighted by Gasteiger charge is -2.36. The second kappa shape index (κ2) is 7.13. The van der Waals surface area contributed by atoms with Gasteiger partial charge in [0.05, 0.1) is 0 Å². The van der Waals surface area contributed by atoms with Gasteiger partial charge in [0.1, 0.15) is 11.9 Å². The van der Waals surface area contributed by atoms with Crippen molar-refractivity contribution in [1.29, 1.82) is 0 Å². The Morgan fingerprint density at radius 3 is 2.33 bits per heavy atom. The Labute approximate surface area is 131 Å². The molecule has 1 N–H and O–H groups in total. The van der Waals surface area contributed by atoms with Crippen molar-refractivity contribution in [2.75, 3.05) is 26.2 Å². The number of nitrogens with zero attached hydrogens (tertiary/aromatic N) is 1. The van der Waals surface area contributed by atoms with Gasteiger partial charge in [-0.2, -0.15) is 13.2 Å². The minimum absolute atomic E-state index is 0. The van der Waals surface area contributed by atoms with E-state index in [4.69, 9.17) is 11.6 Å². The van der Waals surface area contributed by atoms with Gasteiger partial charge in [-0.1, -0.05) is 17.7 Å². The van der Waals surface area contributed by atoms with Crippen molar-refractivity contribution in [2.45, 2.75) is 19.1 Å². The Bertz CT molecular complexity index is 488. The Morgan fingerprint density at radius 2 is 1.81 bits per heavy atom. The maximum absolute atomic E-state index is 14.2. The summed E-state index contributed by atoms with van der Waals surface area (Å²) in [5.41, 5.74) is -0.310. The molecule has 0 aromatic heterocycles. The van der Waals surface area contributed by atoms with E-state index >= 15 is 0 Å². The maximum atomic E-state index is 14.2. The Kier molecular flexibility index (Phi) is 6.28. The molecular formula is C13H16Cl2F4N2. The van der Waals surface area contributed by atoms with Crippen molar-refractivity contribution in [3.63, 3.8) is 0 Å². The summed E-state index contributed by atoms with van der Waals surface area (Å²) < 4.78 is 54.4. The van der Waals surface area contributed by atoms with E-state index in [0.717, 1.165) is 0 Å². The predicted octanol–water partition coefficient (Wildman–Crippen LogP) is 3.72. The normalized spacial score (nSPS) is 18.2. The topological polar surface area (TPSA) is 15.3 Å². The van der Waals surface area contributed by atoms with Crippen LogP contribution in [0.15, 0.2) is 12.1 Å². The number of piperazine rings is 1. The average molecular weight is 347 g/mol. The molecule has 2 rings (SSSR count). The van der Waals surface area contributed by atoms with Crippen LogP contribution in [0.25, 0.3) is 0 Å². The van der Waals surface area contributed by atoms with E-state index in [0.29, 0.717) is 13.1 Å². The van der Waals surface area contributed by atoms with Gasteiger partial charge in [0, 0.05) is 36.8 Å². The summed E-state index contributed by atoms with van der Waals surface area (Å²) in [4.78, 5) is 1.22. The van der Waals surface area contributed by atoms with Gasteiger partial charge in [0.15, 0.2) is 0 Å². The number of aryl methyl sites for hydroxylation is 1. The standard InChI is InChI=1S/C13H15ClF4N2.ClH/c1-8-2-3-9(14)10(11(8)15)12(13(16,17)18)20-6-4-19-5-7-20;/h2-3,12,19H,4-7H2,1H3;1H/t12-;/m0./s1. The Hall–Kier alpha value is -0.560. The number of halogens is 6. The molecule has 0 bridgehead atoms. The third-order valence-electron chi connectivity index (χ3n) is 3.42. The van der Waals surface area contributed by atoms with E-state index in [1.165, 1.54) is 24.0 Å². The Morgan fingerprint density at radius 1 is 1.24 bits per heavy atom. The first-order valence-corrected chi connectivity index (χ1v) is 6.66. The van der Waals surface area contributed by atoms with Crippen molar-refractivity contribution in [3.05, 3.63) is 34.1 Å². The van der Waals surface area contributed by atoms with Crippen molar-refractivity contribution >= 4 is 24.0 Å². The van der Waals surface area contributed by atoms with E-state index in [2.05, 4.69) is 5.32 Å². The minimum atomic E-state index is -4.57. The highest BCUT2D eigenvalue weighted by molar-refractivity contribution is 6.31. The van der Waals surface area contributed by atoms with Crippen molar-refractivity contribution < 1.29 is 17.6 Å². The molecule has 0 aliphatic carbocycles. The SMILES string of the molecule is Cc1ccc(Cl)c([C@H](N2CCNCC2)C(F)(F)F)c1F.Cl. The van der Waals surface area contributed by atoms with Gasteiger partial charge < -0.3 is 5.32 Å². The lowest BCUT2D eigenvalue weighted by atomic mass is 10.0. The molecule has 8 heteroatoms. The zero-order chi connectivity index (χ0) is 14.9. The third kappa shape index (κ3) is 4.00. The number of alkyl halides is 3. The number of benzene rings is 1.